The van der Waals surface area contributed by atoms with Gasteiger partial charge in [-0.3, -0.25) is 4.90 Å². The number of ether oxygens (including phenoxy) is 2. The fourth-order valence-corrected chi connectivity index (χ4v) is 9.10. The number of aliphatic hydroxyl groups excluding tert-OH is 1. The molecule has 2 heterocycles. The van der Waals surface area contributed by atoms with E-state index in [4.69, 9.17) is 9.47 Å². The van der Waals surface area contributed by atoms with Crippen LogP contribution in [0.2, 0.25) is 0 Å². The summed E-state index contributed by atoms with van der Waals surface area (Å²) in [5.74, 6) is 2.35. The molecule has 214 valence electrons. The van der Waals surface area contributed by atoms with Gasteiger partial charge in [0, 0.05) is 48.3 Å². The van der Waals surface area contributed by atoms with Crippen LogP contribution in [0.25, 0.3) is 10.9 Å². The summed E-state index contributed by atoms with van der Waals surface area (Å²) in [5, 5.41) is 13.2. The maximum Gasteiger partial charge on any atom is 0.0629 e. The Kier molecular flexibility index (Phi) is 11.8. The van der Waals surface area contributed by atoms with Crippen LogP contribution in [-0.2, 0) is 14.9 Å². The third-order valence-electron chi connectivity index (χ3n) is 8.48. The van der Waals surface area contributed by atoms with Crippen molar-refractivity contribution in [3.8, 4) is 0 Å². The molecule has 2 aliphatic rings. The molecule has 4 rings (SSSR count). The molecular weight excluding hydrogens is 512 g/mol. The van der Waals surface area contributed by atoms with Gasteiger partial charge in [-0.1, -0.05) is 58.7 Å². The number of aliphatic hydroxyl groups is 1. The van der Waals surface area contributed by atoms with Crippen LogP contribution in [0.15, 0.2) is 24.3 Å². The van der Waals surface area contributed by atoms with E-state index >= 15 is 0 Å². The Labute approximate surface area is 239 Å². The third kappa shape index (κ3) is 6.60. The van der Waals surface area contributed by atoms with Gasteiger partial charge in [0.15, 0.2) is 0 Å². The number of H-pyrrole nitrogens is 1. The summed E-state index contributed by atoms with van der Waals surface area (Å²) < 4.78 is 13.4. The van der Waals surface area contributed by atoms with Crippen LogP contribution in [0.3, 0.4) is 0 Å². The van der Waals surface area contributed by atoms with Gasteiger partial charge in [0.1, 0.15) is 0 Å². The number of nitrogens with one attached hydrogen (secondary N) is 1. The zero-order valence-electron chi connectivity index (χ0n) is 24.0. The van der Waals surface area contributed by atoms with Crippen molar-refractivity contribution < 1.29 is 14.6 Å². The first kappa shape index (κ1) is 30.3. The van der Waals surface area contributed by atoms with Gasteiger partial charge < -0.3 is 19.6 Å². The summed E-state index contributed by atoms with van der Waals surface area (Å²) in [6.07, 6.45) is 5.70. The van der Waals surface area contributed by atoms with Gasteiger partial charge in [-0.15, -0.1) is 23.5 Å². The van der Waals surface area contributed by atoms with Crippen LogP contribution < -0.4 is 0 Å². The molecular formula is C31H50N2O3S2. The van der Waals surface area contributed by atoms with Crippen molar-refractivity contribution in [3.63, 3.8) is 0 Å². The number of rotatable bonds is 16. The van der Waals surface area contributed by atoms with E-state index in [0.29, 0.717) is 17.8 Å². The zero-order valence-corrected chi connectivity index (χ0v) is 25.7. The minimum atomic E-state index is -0.384. The molecule has 2 N–H and O–H groups in total. The van der Waals surface area contributed by atoms with Crippen LogP contribution in [0.5, 0.6) is 0 Å². The lowest BCUT2D eigenvalue weighted by Gasteiger charge is -2.43. The lowest BCUT2D eigenvalue weighted by molar-refractivity contribution is -0.0467. The fourth-order valence-electron chi connectivity index (χ4n) is 6.56. The lowest BCUT2D eigenvalue weighted by atomic mass is 9.69. The summed E-state index contributed by atoms with van der Waals surface area (Å²) in [5.41, 5.74) is 3.44. The molecule has 1 aliphatic carbocycles. The summed E-state index contributed by atoms with van der Waals surface area (Å²) in [4.78, 5) is 6.59. The van der Waals surface area contributed by atoms with Gasteiger partial charge in [0.25, 0.3) is 0 Å². The monoisotopic (exact) mass is 562 g/mol. The number of unbranched alkanes of at least 4 members (excludes halogenated alkanes) is 2. The van der Waals surface area contributed by atoms with Gasteiger partial charge >= 0.3 is 0 Å². The van der Waals surface area contributed by atoms with Crippen LogP contribution in [-0.4, -0.2) is 76.7 Å². The number of hydrogen-bond donors (Lipinski definition) is 2. The van der Waals surface area contributed by atoms with Crippen LogP contribution in [0, 0.1) is 5.92 Å². The molecule has 1 aromatic heterocycles. The van der Waals surface area contributed by atoms with E-state index in [-0.39, 0.29) is 23.5 Å². The Hall–Kier alpha value is -0.700. The number of para-hydroxylation sites is 1. The van der Waals surface area contributed by atoms with E-state index in [1.165, 1.54) is 22.2 Å². The molecule has 0 amide bonds. The van der Waals surface area contributed by atoms with Crippen LogP contribution in [0.1, 0.15) is 83.5 Å². The minimum Gasteiger partial charge on any atom is -0.393 e. The zero-order chi connectivity index (χ0) is 27.0. The molecule has 3 unspecified atom stereocenters. The van der Waals surface area contributed by atoms with Gasteiger partial charge in [-0.05, 0) is 55.4 Å². The number of aromatic amines is 1. The molecule has 0 radical (unpaired) electrons. The smallest absolute Gasteiger partial charge is 0.0629 e. The predicted octanol–water partition coefficient (Wildman–Crippen LogP) is 7.00. The van der Waals surface area contributed by atoms with E-state index in [1.54, 1.807) is 0 Å². The first-order valence-electron chi connectivity index (χ1n) is 15.0. The van der Waals surface area contributed by atoms with Gasteiger partial charge in [0.2, 0.25) is 0 Å². The Morgan fingerprint density at radius 2 is 1.68 bits per heavy atom. The third-order valence-corrected chi connectivity index (χ3v) is 11.0. The molecule has 1 aliphatic heterocycles. The summed E-state index contributed by atoms with van der Waals surface area (Å²) in [6.45, 7) is 13.7. The van der Waals surface area contributed by atoms with Gasteiger partial charge in [-0.2, -0.15) is 0 Å². The summed E-state index contributed by atoms with van der Waals surface area (Å²) in [7, 11) is 0. The topological polar surface area (TPSA) is 57.7 Å². The molecule has 1 saturated heterocycles. The van der Waals surface area contributed by atoms with Gasteiger partial charge in [0.05, 0.1) is 29.3 Å². The average Bonchev–Trinajstić information content (AvgIpc) is 3.18. The second-order valence-electron chi connectivity index (χ2n) is 11.0. The Morgan fingerprint density at radius 1 is 1.03 bits per heavy atom. The maximum atomic E-state index is 11.9. The van der Waals surface area contributed by atoms with E-state index in [1.807, 2.05) is 0 Å². The van der Waals surface area contributed by atoms with Crippen molar-refractivity contribution in [3.05, 3.63) is 35.5 Å². The highest BCUT2D eigenvalue weighted by molar-refractivity contribution is 8.17. The van der Waals surface area contributed by atoms with Crippen molar-refractivity contribution in [2.45, 2.75) is 88.4 Å². The number of thioether (sulfide) groups is 2. The Balaban J connectivity index is 1.80. The highest BCUT2D eigenvalue weighted by atomic mass is 32.2. The standard InChI is InChI=1S/C31H50N2O3S2/c1-5-9-17-35-21-31(22-36-18-10-6-2)24-15-16-33(20-28(37-7-3)38-8-4)26(19-27(24)34)29-23-13-11-12-14-25(23)32-30(29)31/h11-14,24,26-28,32,34H,5-10,15-22H2,1-4H3. The van der Waals surface area contributed by atoms with E-state index in [2.05, 4.69) is 85.4 Å². The second-order valence-corrected chi connectivity index (χ2v) is 14.2. The molecule has 0 saturated carbocycles. The number of fused-ring (bicyclic) bond motifs is 7. The molecule has 2 aromatic rings. The van der Waals surface area contributed by atoms with Crippen molar-refractivity contribution in [2.75, 3.05) is 51.0 Å². The van der Waals surface area contributed by atoms with E-state index in [9.17, 15) is 5.11 Å². The molecule has 3 atom stereocenters. The molecule has 7 heteroatoms. The predicted molar refractivity (Wildman–Crippen MR) is 165 cm³/mol. The number of hydrogen-bond acceptors (Lipinski definition) is 6. The summed E-state index contributed by atoms with van der Waals surface area (Å²) in [6, 6.07) is 8.94. The van der Waals surface area contributed by atoms with Crippen molar-refractivity contribution >= 4 is 34.4 Å². The summed E-state index contributed by atoms with van der Waals surface area (Å²) >= 11 is 4.13. The van der Waals surface area contributed by atoms with E-state index in [0.717, 1.165) is 76.3 Å². The van der Waals surface area contributed by atoms with Gasteiger partial charge in [-0.25, -0.2) is 0 Å². The molecule has 0 spiro atoms. The Bertz CT molecular complexity index is 965. The number of likely N-dealkylation sites (tertiary alicyclic amines) is 1. The number of benzene rings is 1. The lowest BCUT2D eigenvalue weighted by Crippen LogP contribution is -2.50. The minimum absolute atomic E-state index is 0.0867. The molecule has 1 fully saturated rings. The number of aromatic nitrogens is 1. The SMILES string of the molecule is CCCCOCC1(COCCCC)c2[nH]c3ccccc3c2C2CC(O)C1CCN2CC(SCC)SCC. The maximum absolute atomic E-state index is 11.9. The fraction of sp³-hybridized carbons (Fsp3) is 0.742. The van der Waals surface area contributed by atoms with Crippen molar-refractivity contribution in [2.24, 2.45) is 5.92 Å². The van der Waals surface area contributed by atoms with Crippen molar-refractivity contribution in [1.82, 2.24) is 9.88 Å². The average molecular weight is 563 g/mol. The van der Waals surface area contributed by atoms with Crippen molar-refractivity contribution in [1.29, 1.82) is 0 Å². The highest BCUT2D eigenvalue weighted by Gasteiger charge is 2.53. The normalized spacial score (nSPS) is 23.2. The second kappa shape index (κ2) is 14.8. The Morgan fingerprint density at radius 3 is 2.32 bits per heavy atom. The van der Waals surface area contributed by atoms with E-state index < -0.39 is 0 Å². The first-order chi connectivity index (χ1) is 18.6. The molecule has 5 nitrogen and oxygen atoms in total. The quantitative estimate of drug-likeness (QED) is 0.170. The molecule has 38 heavy (non-hydrogen) atoms. The highest BCUT2D eigenvalue weighted by Crippen LogP contribution is 2.52. The number of nitrogens with zero attached hydrogens (tertiary/aromatic N) is 1. The van der Waals surface area contributed by atoms with Crippen LogP contribution in [0.4, 0.5) is 0 Å². The molecule has 2 bridgehead atoms. The van der Waals surface area contributed by atoms with Crippen LogP contribution >= 0.6 is 23.5 Å². The molecule has 1 aromatic carbocycles. The first-order valence-corrected chi connectivity index (χ1v) is 17.1. The largest absolute Gasteiger partial charge is 0.393 e.